The fraction of sp³-hybridized carbons (Fsp3) is 0.667. The van der Waals surface area contributed by atoms with Crippen molar-refractivity contribution in [2.75, 3.05) is 31.6 Å². The van der Waals surface area contributed by atoms with E-state index in [4.69, 9.17) is 11.6 Å². The Balaban J connectivity index is 2.34. The summed E-state index contributed by atoms with van der Waals surface area (Å²) in [7, 11) is 1.99. The minimum absolute atomic E-state index is 0.0644. The van der Waals surface area contributed by atoms with E-state index in [2.05, 4.69) is 14.9 Å². The Morgan fingerprint density at radius 1 is 1.30 bits per heavy atom. The lowest BCUT2D eigenvalue weighted by Gasteiger charge is -2.29. The first-order valence-corrected chi connectivity index (χ1v) is 6.72. The van der Waals surface area contributed by atoms with Crippen molar-refractivity contribution in [1.82, 2.24) is 14.9 Å². The predicted molar refractivity (Wildman–Crippen MR) is 71.0 cm³/mol. The number of rotatable bonds is 1. The maximum Gasteiger partial charge on any atom is 0.451 e. The molecule has 1 aliphatic heterocycles. The van der Waals surface area contributed by atoms with Crippen LogP contribution in [0, 0.1) is 0 Å². The minimum Gasteiger partial charge on any atom is -0.352 e. The van der Waals surface area contributed by atoms with E-state index in [-0.39, 0.29) is 17.0 Å². The highest BCUT2D eigenvalue weighted by atomic mass is 35.5. The molecule has 0 spiro atoms. The summed E-state index contributed by atoms with van der Waals surface area (Å²) < 4.78 is 38.2. The van der Waals surface area contributed by atoms with Crippen LogP contribution < -0.4 is 4.90 Å². The Hall–Kier alpha value is -1.08. The molecule has 112 valence electrons. The van der Waals surface area contributed by atoms with Crippen LogP contribution in [0.5, 0.6) is 0 Å². The Morgan fingerprint density at radius 2 is 2.00 bits per heavy atom. The standard InChI is InChI=1S/C12H16ClF3N4/c1-8-7-19(2)4-3-5-20(8)10-6-9(13)17-11(18-10)12(14,15)16/h6,8H,3-5,7H2,1-2H3. The SMILES string of the molecule is CC1CN(C)CCCN1c1cc(Cl)nc(C(F)(F)F)n1. The summed E-state index contributed by atoms with van der Waals surface area (Å²) in [6, 6.07) is 1.45. The van der Waals surface area contributed by atoms with Crippen molar-refractivity contribution in [2.45, 2.75) is 25.6 Å². The molecule has 0 N–H and O–H groups in total. The highest BCUT2D eigenvalue weighted by Gasteiger charge is 2.36. The molecule has 2 heterocycles. The van der Waals surface area contributed by atoms with Crippen LogP contribution >= 0.6 is 11.6 Å². The van der Waals surface area contributed by atoms with Crippen LogP contribution in [0.2, 0.25) is 5.15 Å². The van der Waals surface area contributed by atoms with Gasteiger partial charge in [0.1, 0.15) is 11.0 Å². The van der Waals surface area contributed by atoms with Crippen LogP contribution in [0.4, 0.5) is 19.0 Å². The molecule has 1 aromatic rings. The molecule has 0 aliphatic carbocycles. The molecule has 0 bridgehead atoms. The van der Waals surface area contributed by atoms with E-state index in [0.717, 1.165) is 19.5 Å². The maximum atomic E-state index is 12.7. The normalized spacial score (nSPS) is 21.9. The molecule has 0 aromatic carbocycles. The van der Waals surface area contributed by atoms with Crippen molar-refractivity contribution in [3.05, 3.63) is 17.0 Å². The number of anilines is 1. The smallest absolute Gasteiger partial charge is 0.352 e. The third kappa shape index (κ3) is 3.52. The Bertz CT molecular complexity index is 480. The monoisotopic (exact) mass is 308 g/mol. The van der Waals surface area contributed by atoms with Gasteiger partial charge in [0.05, 0.1) is 0 Å². The van der Waals surface area contributed by atoms with Gasteiger partial charge in [0.2, 0.25) is 5.82 Å². The third-order valence-corrected chi connectivity index (χ3v) is 3.47. The Morgan fingerprint density at radius 3 is 2.65 bits per heavy atom. The van der Waals surface area contributed by atoms with Gasteiger partial charge in [-0.15, -0.1) is 0 Å². The van der Waals surface area contributed by atoms with Gasteiger partial charge < -0.3 is 9.80 Å². The molecule has 20 heavy (non-hydrogen) atoms. The van der Waals surface area contributed by atoms with Crippen LogP contribution in [0.1, 0.15) is 19.2 Å². The Labute approximate surface area is 120 Å². The molecule has 1 aliphatic rings. The molecule has 2 rings (SSSR count). The number of likely N-dealkylation sites (N-methyl/N-ethyl adjacent to an activating group) is 1. The van der Waals surface area contributed by atoms with Crippen molar-refractivity contribution in [3.63, 3.8) is 0 Å². The second-order valence-corrected chi connectivity index (χ2v) is 5.42. The van der Waals surface area contributed by atoms with E-state index in [1.165, 1.54) is 6.07 Å². The molecule has 0 saturated carbocycles. The van der Waals surface area contributed by atoms with Gasteiger partial charge in [-0.1, -0.05) is 11.6 Å². The first-order chi connectivity index (χ1) is 9.27. The van der Waals surface area contributed by atoms with Crippen LogP contribution in [0.25, 0.3) is 0 Å². The summed E-state index contributed by atoms with van der Waals surface area (Å²) in [5.74, 6) is -0.954. The molecule has 1 atom stereocenters. The molecule has 1 saturated heterocycles. The zero-order valence-electron chi connectivity index (χ0n) is 11.3. The molecule has 0 amide bonds. The van der Waals surface area contributed by atoms with E-state index < -0.39 is 12.0 Å². The van der Waals surface area contributed by atoms with Gasteiger partial charge in [-0.05, 0) is 26.9 Å². The van der Waals surface area contributed by atoms with E-state index in [1.54, 1.807) is 0 Å². The highest BCUT2D eigenvalue weighted by molar-refractivity contribution is 6.29. The minimum atomic E-state index is -4.59. The van der Waals surface area contributed by atoms with E-state index in [1.807, 2.05) is 18.9 Å². The first-order valence-electron chi connectivity index (χ1n) is 6.34. The van der Waals surface area contributed by atoms with Crippen molar-refractivity contribution in [3.8, 4) is 0 Å². The first kappa shape index (κ1) is 15.3. The molecule has 0 radical (unpaired) electrons. The van der Waals surface area contributed by atoms with Crippen LogP contribution in [-0.2, 0) is 6.18 Å². The average molecular weight is 309 g/mol. The number of aromatic nitrogens is 2. The van der Waals surface area contributed by atoms with Crippen LogP contribution in [0.3, 0.4) is 0 Å². The van der Waals surface area contributed by atoms with Gasteiger partial charge in [0.25, 0.3) is 0 Å². The second-order valence-electron chi connectivity index (χ2n) is 5.03. The van der Waals surface area contributed by atoms with Gasteiger partial charge in [-0.3, -0.25) is 0 Å². The lowest BCUT2D eigenvalue weighted by molar-refractivity contribution is -0.144. The number of alkyl halides is 3. The quantitative estimate of drug-likeness (QED) is 0.747. The van der Waals surface area contributed by atoms with E-state index in [9.17, 15) is 13.2 Å². The topological polar surface area (TPSA) is 32.3 Å². The van der Waals surface area contributed by atoms with Gasteiger partial charge in [-0.2, -0.15) is 13.2 Å². The van der Waals surface area contributed by atoms with Crippen LogP contribution in [0.15, 0.2) is 6.07 Å². The van der Waals surface area contributed by atoms with Crippen molar-refractivity contribution in [1.29, 1.82) is 0 Å². The van der Waals surface area contributed by atoms with E-state index in [0.29, 0.717) is 6.54 Å². The molecule has 8 heteroatoms. The molecular formula is C12H16ClF3N4. The highest BCUT2D eigenvalue weighted by Crippen LogP contribution is 2.30. The largest absolute Gasteiger partial charge is 0.451 e. The van der Waals surface area contributed by atoms with Gasteiger partial charge in [0.15, 0.2) is 0 Å². The maximum absolute atomic E-state index is 12.7. The van der Waals surface area contributed by atoms with E-state index >= 15 is 0 Å². The molecule has 4 nitrogen and oxygen atoms in total. The van der Waals surface area contributed by atoms with Gasteiger partial charge in [0, 0.05) is 25.2 Å². The molecular weight excluding hydrogens is 293 g/mol. The summed E-state index contributed by atoms with van der Waals surface area (Å²) in [5.41, 5.74) is 0. The number of nitrogens with zero attached hydrogens (tertiary/aromatic N) is 4. The fourth-order valence-corrected chi connectivity index (χ4v) is 2.57. The summed E-state index contributed by atoms with van der Waals surface area (Å²) in [6.07, 6.45) is -3.73. The lowest BCUT2D eigenvalue weighted by atomic mass is 10.2. The van der Waals surface area contributed by atoms with Crippen molar-refractivity contribution in [2.24, 2.45) is 0 Å². The summed E-state index contributed by atoms with van der Waals surface area (Å²) in [5, 5.41) is -0.188. The number of hydrogen-bond donors (Lipinski definition) is 0. The summed E-state index contributed by atoms with van der Waals surface area (Å²) >= 11 is 5.70. The molecule has 1 fully saturated rings. The zero-order chi connectivity index (χ0) is 14.9. The van der Waals surface area contributed by atoms with Crippen LogP contribution in [-0.4, -0.2) is 47.6 Å². The number of halogens is 4. The summed E-state index contributed by atoms with van der Waals surface area (Å²) in [6.45, 7) is 4.29. The van der Waals surface area contributed by atoms with Gasteiger partial charge >= 0.3 is 6.18 Å². The lowest BCUT2D eigenvalue weighted by Crippen LogP contribution is -2.38. The third-order valence-electron chi connectivity index (χ3n) is 3.28. The number of hydrogen-bond acceptors (Lipinski definition) is 4. The second kappa shape index (κ2) is 5.73. The van der Waals surface area contributed by atoms with Gasteiger partial charge in [-0.25, -0.2) is 9.97 Å². The fourth-order valence-electron chi connectivity index (χ4n) is 2.39. The predicted octanol–water partition coefficient (Wildman–Crippen LogP) is 2.68. The average Bonchev–Trinajstić information content (AvgIpc) is 2.48. The zero-order valence-corrected chi connectivity index (χ0v) is 12.0. The van der Waals surface area contributed by atoms with Crippen molar-refractivity contribution >= 4 is 17.4 Å². The summed E-state index contributed by atoms with van der Waals surface area (Å²) in [4.78, 5) is 10.9. The Kier molecular flexibility index (Phi) is 4.39. The molecule has 1 unspecified atom stereocenters. The van der Waals surface area contributed by atoms with Crippen molar-refractivity contribution < 1.29 is 13.2 Å². The molecule has 1 aromatic heterocycles.